The normalized spacial score (nSPS) is 16.8. The Labute approximate surface area is 376 Å². The van der Waals surface area contributed by atoms with Crippen molar-refractivity contribution in [2.75, 3.05) is 9.80 Å². The second kappa shape index (κ2) is 13.9. The molecule has 0 saturated heterocycles. The fraction of sp³-hybridized carbons (Fsp3) is 0.288. The van der Waals surface area contributed by atoms with Gasteiger partial charge in [0.25, 0.3) is 6.71 Å². The molecule has 62 heavy (non-hydrogen) atoms. The molecule has 7 aromatic carbocycles. The van der Waals surface area contributed by atoms with E-state index in [0.29, 0.717) is 5.56 Å². The zero-order valence-corrected chi connectivity index (χ0v) is 38.5. The van der Waals surface area contributed by atoms with E-state index in [1.165, 1.54) is 33.2 Å². The molecule has 0 saturated carbocycles. The van der Waals surface area contributed by atoms with E-state index in [4.69, 9.17) is 4.11 Å². The van der Waals surface area contributed by atoms with Gasteiger partial charge >= 0.3 is 0 Å². The Hall–Kier alpha value is -5.80. The van der Waals surface area contributed by atoms with Gasteiger partial charge < -0.3 is 9.80 Å². The summed E-state index contributed by atoms with van der Waals surface area (Å²) >= 11 is 0. The highest BCUT2D eigenvalue weighted by Gasteiger charge is 2.48. The standard InChI is InChI=1S/C59H61BN2/c1-37-29-53-55-54(30-37)62(50-28-25-43(57(6,7)8)33-44(50)40-21-17-14-18-22-40)52-35-46-45(58(9,10)36-59(46,11)12)34-48(52)60(55)47-32-41(39-19-15-13-16-20-39)23-26-51(47)61(53)49-27-24-42(31-38(49)2)56(3,4)5/h13-35H,36H2,1-12H3/i1D3. The molecule has 3 aliphatic rings. The second-order valence-corrected chi connectivity index (χ2v) is 21.7. The van der Waals surface area contributed by atoms with Gasteiger partial charge in [-0.1, -0.05) is 166 Å². The quantitative estimate of drug-likeness (QED) is 0.163. The topological polar surface area (TPSA) is 6.48 Å². The second-order valence-electron chi connectivity index (χ2n) is 21.7. The summed E-state index contributed by atoms with van der Waals surface area (Å²) in [6.45, 7) is 22.8. The molecule has 7 aromatic rings. The monoisotopic (exact) mass is 812 g/mol. The molecule has 2 heterocycles. The molecule has 0 fully saturated rings. The summed E-state index contributed by atoms with van der Waals surface area (Å²) in [4.78, 5) is 4.82. The summed E-state index contributed by atoms with van der Waals surface area (Å²) in [5.74, 6) is 0. The number of fused-ring (bicyclic) bond motifs is 5. The van der Waals surface area contributed by atoms with E-state index in [0.717, 1.165) is 73.8 Å². The Kier molecular flexibility index (Phi) is 8.23. The summed E-state index contributed by atoms with van der Waals surface area (Å²) in [6, 6.07) is 51.1. The molecule has 0 aromatic heterocycles. The Morgan fingerprint density at radius 2 is 1.03 bits per heavy atom. The van der Waals surface area contributed by atoms with Gasteiger partial charge in [-0.2, -0.15) is 0 Å². The lowest BCUT2D eigenvalue weighted by molar-refractivity contribution is 0.403. The van der Waals surface area contributed by atoms with Crippen LogP contribution >= 0.6 is 0 Å². The van der Waals surface area contributed by atoms with E-state index in [1.54, 1.807) is 0 Å². The molecule has 0 N–H and O–H groups in total. The number of benzene rings is 7. The van der Waals surface area contributed by atoms with Crippen molar-refractivity contribution in [3.05, 3.63) is 173 Å². The van der Waals surface area contributed by atoms with Crippen LogP contribution in [0.4, 0.5) is 34.1 Å². The zero-order valence-electron chi connectivity index (χ0n) is 41.5. The number of hydrogen-bond acceptors (Lipinski definition) is 2. The van der Waals surface area contributed by atoms with Crippen LogP contribution in [0.3, 0.4) is 0 Å². The van der Waals surface area contributed by atoms with E-state index >= 15 is 0 Å². The third-order valence-corrected chi connectivity index (χ3v) is 14.1. The average Bonchev–Trinajstić information content (AvgIpc) is 3.43. The molecule has 3 heteroatoms. The molecule has 0 unspecified atom stereocenters. The summed E-state index contributed by atoms with van der Waals surface area (Å²) in [5.41, 5.74) is 20.7. The molecular weight excluding hydrogens is 747 g/mol. The first-order chi connectivity index (χ1) is 30.5. The van der Waals surface area contributed by atoms with Crippen LogP contribution in [0.25, 0.3) is 22.3 Å². The smallest absolute Gasteiger partial charge is 0.252 e. The van der Waals surface area contributed by atoms with Crippen LogP contribution in [0.5, 0.6) is 0 Å². The van der Waals surface area contributed by atoms with E-state index < -0.39 is 6.85 Å². The van der Waals surface area contributed by atoms with Crippen LogP contribution in [0, 0.1) is 13.8 Å². The summed E-state index contributed by atoms with van der Waals surface area (Å²) in [7, 11) is 0. The Balaban J connectivity index is 1.37. The SMILES string of the molecule is [2H]C([2H])([2H])c1cc2c3c(c1)N(c1ccc(C(C)(C)C)cc1-c1ccccc1)c1cc4c(cc1B3c1cc(-c3ccccc3)ccc1N2c1ccc(C(C)(C)C)cc1C)C(C)(C)CC4(C)C. The number of rotatable bonds is 4. The number of aryl methyl sites for hydroxylation is 2. The maximum atomic E-state index is 9.09. The Morgan fingerprint density at radius 1 is 0.500 bits per heavy atom. The van der Waals surface area contributed by atoms with E-state index in [-0.39, 0.29) is 28.4 Å². The minimum Gasteiger partial charge on any atom is -0.311 e. The molecule has 0 atom stereocenters. The fourth-order valence-electron chi connectivity index (χ4n) is 11.2. The average molecular weight is 812 g/mol. The lowest BCUT2D eigenvalue weighted by atomic mass is 9.33. The molecule has 0 amide bonds. The number of hydrogen-bond donors (Lipinski definition) is 0. The minimum absolute atomic E-state index is 0.0368. The summed E-state index contributed by atoms with van der Waals surface area (Å²) in [5, 5.41) is 0. The van der Waals surface area contributed by atoms with Gasteiger partial charge in [0.2, 0.25) is 0 Å². The van der Waals surface area contributed by atoms with E-state index in [9.17, 15) is 0 Å². The summed E-state index contributed by atoms with van der Waals surface area (Å²) < 4.78 is 27.3. The molecular formula is C59H61BN2. The van der Waals surface area contributed by atoms with E-state index in [2.05, 4.69) is 213 Å². The fourth-order valence-corrected chi connectivity index (χ4v) is 11.2. The highest BCUT2D eigenvalue weighted by atomic mass is 15.2. The van der Waals surface area contributed by atoms with Gasteiger partial charge in [0.05, 0.1) is 5.69 Å². The van der Waals surface area contributed by atoms with Crippen molar-refractivity contribution in [2.45, 2.75) is 111 Å². The van der Waals surface area contributed by atoms with Crippen LogP contribution in [-0.4, -0.2) is 6.71 Å². The summed E-state index contributed by atoms with van der Waals surface area (Å²) in [6.07, 6.45) is 1.03. The predicted molar refractivity (Wildman–Crippen MR) is 269 cm³/mol. The number of nitrogens with zero attached hydrogens (tertiary/aromatic N) is 2. The Bertz CT molecular complexity index is 3040. The molecule has 1 aliphatic carbocycles. The highest BCUT2D eigenvalue weighted by Crippen LogP contribution is 2.54. The molecule has 310 valence electrons. The van der Waals surface area contributed by atoms with E-state index in [1.807, 2.05) is 12.1 Å². The van der Waals surface area contributed by atoms with Crippen molar-refractivity contribution in [3.63, 3.8) is 0 Å². The molecule has 2 aliphatic heterocycles. The highest BCUT2D eigenvalue weighted by molar-refractivity contribution is 7.00. The van der Waals surface area contributed by atoms with Crippen LogP contribution in [-0.2, 0) is 21.7 Å². The van der Waals surface area contributed by atoms with Gasteiger partial charge in [-0.05, 0) is 151 Å². The van der Waals surface area contributed by atoms with Crippen molar-refractivity contribution >= 4 is 57.2 Å². The predicted octanol–water partition coefficient (Wildman–Crippen LogP) is 14.3. The lowest BCUT2D eigenvalue weighted by Crippen LogP contribution is -2.61. The van der Waals surface area contributed by atoms with Gasteiger partial charge in [-0.3, -0.25) is 0 Å². The maximum absolute atomic E-state index is 9.09. The lowest BCUT2D eigenvalue weighted by Gasteiger charge is -2.45. The van der Waals surface area contributed by atoms with Gasteiger partial charge in [-0.25, -0.2) is 0 Å². The van der Waals surface area contributed by atoms with Crippen LogP contribution in [0.15, 0.2) is 140 Å². The van der Waals surface area contributed by atoms with Gasteiger partial charge in [-0.15, -0.1) is 0 Å². The van der Waals surface area contributed by atoms with Crippen molar-refractivity contribution in [3.8, 4) is 22.3 Å². The molecule has 0 radical (unpaired) electrons. The third kappa shape index (κ3) is 6.37. The largest absolute Gasteiger partial charge is 0.311 e. The molecule has 0 spiro atoms. The Morgan fingerprint density at radius 3 is 1.63 bits per heavy atom. The van der Waals surface area contributed by atoms with Crippen LogP contribution in [0.2, 0.25) is 0 Å². The zero-order chi connectivity index (χ0) is 46.2. The van der Waals surface area contributed by atoms with Crippen molar-refractivity contribution in [2.24, 2.45) is 0 Å². The van der Waals surface area contributed by atoms with Gasteiger partial charge in [0, 0.05) is 38.1 Å². The first-order valence-electron chi connectivity index (χ1n) is 24.0. The third-order valence-electron chi connectivity index (χ3n) is 14.1. The van der Waals surface area contributed by atoms with Crippen molar-refractivity contribution in [1.29, 1.82) is 0 Å². The first-order valence-corrected chi connectivity index (χ1v) is 22.5. The van der Waals surface area contributed by atoms with Crippen molar-refractivity contribution in [1.82, 2.24) is 0 Å². The van der Waals surface area contributed by atoms with Gasteiger partial charge in [0.15, 0.2) is 0 Å². The maximum Gasteiger partial charge on any atom is 0.252 e. The van der Waals surface area contributed by atoms with Crippen LogP contribution < -0.4 is 26.2 Å². The first kappa shape index (κ1) is 36.8. The van der Waals surface area contributed by atoms with Crippen molar-refractivity contribution < 1.29 is 4.11 Å². The van der Waals surface area contributed by atoms with Crippen LogP contribution in [0.1, 0.15) is 113 Å². The molecule has 10 rings (SSSR count). The number of anilines is 6. The minimum atomic E-state index is -2.37. The van der Waals surface area contributed by atoms with Gasteiger partial charge in [0.1, 0.15) is 0 Å². The molecule has 2 nitrogen and oxygen atoms in total. The molecule has 0 bridgehead atoms.